The van der Waals surface area contributed by atoms with Gasteiger partial charge in [0, 0.05) is 7.05 Å². The van der Waals surface area contributed by atoms with Gasteiger partial charge in [0.05, 0.1) is 15.6 Å². The summed E-state index contributed by atoms with van der Waals surface area (Å²) in [6.45, 7) is 1.32. The zero-order valence-electron chi connectivity index (χ0n) is 10.7. The number of amides is 3. The van der Waals surface area contributed by atoms with Crippen molar-refractivity contribution in [2.75, 3.05) is 7.05 Å². The molecular formula is C12H12Cl2N2O4. The highest BCUT2D eigenvalue weighted by atomic mass is 35.5. The molecule has 3 amide bonds. The van der Waals surface area contributed by atoms with Crippen LogP contribution in [0.1, 0.15) is 17.3 Å². The van der Waals surface area contributed by atoms with Gasteiger partial charge in [0.15, 0.2) is 6.10 Å². The van der Waals surface area contributed by atoms with Crippen LogP contribution in [0.2, 0.25) is 10.0 Å². The minimum Gasteiger partial charge on any atom is -0.449 e. The minimum absolute atomic E-state index is 0.0320. The number of hydrogen-bond donors (Lipinski definition) is 2. The molecule has 0 aliphatic rings. The molecule has 0 saturated heterocycles. The van der Waals surface area contributed by atoms with Crippen molar-refractivity contribution in [3.63, 3.8) is 0 Å². The second-order valence-corrected chi connectivity index (χ2v) is 4.53. The molecule has 0 unspecified atom stereocenters. The number of benzene rings is 1. The van der Waals surface area contributed by atoms with Crippen LogP contribution in [0.15, 0.2) is 18.2 Å². The van der Waals surface area contributed by atoms with Gasteiger partial charge < -0.3 is 10.1 Å². The number of nitrogens with one attached hydrogen (secondary N) is 2. The number of halogens is 2. The molecular weight excluding hydrogens is 307 g/mol. The average Bonchev–Trinajstić information content (AvgIpc) is 2.38. The molecule has 1 rings (SSSR count). The molecule has 0 aliphatic carbocycles. The summed E-state index contributed by atoms with van der Waals surface area (Å²) < 4.78 is 4.91. The fourth-order valence-electron chi connectivity index (χ4n) is 1.24. The number of rotatable bonds is 3. The zero-order chi connectivity index (χ0) is 15.3. The second kappa shape index (κ2) is 7.12. The van der Waals surface area contributed by atoms with E-state index in [-0.39, 0.29) is 15.6 Å². The molecule has 0 heterocycles. The van der Waals surface area contributed by atoms with E-state index in [0.717, 1.165) is 0 Å². The first-order valence-corrected chi connectivity index (χ1v) is 6.30. The van der Waals surface area contributed by atoms with E-state index < -0.39 is 24.0 Å². The lowest BCUT2D eigenvalue weighted by Crippen LogP contribution is -2.43. The Morgan fingerprint density at radius 3 is 2.25 bits per heavy atom. The molecule has 0 saturated carbocycles. The number of carbonyl (C=O) groups is 3. The third kappa shape index (κ3) is 4.11. The van der Waals surface area contributed by atoms with E-state index >= 15 is 0 Å². The van der Waals surface area contributed by atoms with Crippen molar-refractivity contribution in [1.29, 1.82) is 0 Å². The van der Waals surface area contributed by atoms with Crippen LogP contribution in [0.4, 0.5) is 4.79 Å². The summed E-state index contributed by atoms with van der Waals surface area (Å²) in [7, 11) is 1.35. The van der Waals surface area contributed by atoms with Gasteiger partial charge in [-0.1, -0.05) is 29.3 Å². The number of imide groups is 1. The Morgan fingerprint density at radius 1 is 1.20 bits per heavy atom. The van der Waals surface area contributed by atoms with Crippen LogP contribution in [0, 0.1) is 0 Å². The molecule has 0 aliphatic heterocycles. The Bertz CT molecular complexity index is 528. The van der Waals surface area contributed by atoms with E-state index in [9.17, 15) is 14.4 Å². The van der Waals surface area contributed by atoms with Crippen LogP contribution in [-0.4, -0.2) is 31.1 Å². The van der Waals surface area contributed by atoms with Crippen molar-refractivity contribution in [2.24, 2.45) is 0 Å². The predicted molar refractivity (Wildman–Crippen MR) is 73.9 cm³/mol. The molecule has 8 heteroatoms. The minimum atomic E-state index is -1.17. The first-order chi connectivity index (χ1) is 9.36. The van der Waals surface area contributed by atoms with E-state index in [4.69, 9.17) is 27.9 Å². The van der Waals surface area contributed by atoms with Crippen LogP contribution in [0.5, 0.6) is 0 Å². The average molecular weight is 319 g/mol. The van der Waals surface area contributed by atoms with Gasteiger partial charge in [0.1, 0.15) is 0 Å². The van der Waals surface area contributed by atoms with Gasteiger partial charge in [-0.2, -0.15) is 0 Å². The van der Waals surface area contributed by atoms with Crippen molar-refractivity contribution in [3.05, 3.63) is 33.8 Å². The second-order valence-electron chi connectivity index (χ2n) is 3.71. The monoisotopic (exact) mass is 318 g/mol. The highest BCUT2D eigenvalue weighted by molar-refractivity contribution is 6.39. The number of esters is 1. The standard InChI is InChI=1S/C12H12Cl2N2O4/c1-6(10(17)16-12(19)15-2)20-11(18)9-7(13)4-3-5-8(9)14/h3-6H,1-2H3,(H2,15,16,17,19)/t6-/m0/s1. The normalized spacial score (nSPS) is 11.4. The van der Waals surface area contributed by atoms with Crippen LogP contribution in [0.25, 0.3) is 0 Å². The molecule has 2 N–H and O–H groups in total. The fraction of sp³-hybridized carbons (Fsp3) is 0.250. The lowest BCUT2D eigenvalue weighted by Gasteiger charge is -2.13. The summed E-state index contributed by atoms with van der Waals surface area (Å²) >= 11 is 11.7. The number of carbonyl (C=O) groups excluding carboxylic acids is 3. The first-order valence-electron chi connectivity index (χ1n) is 5.54. The molecule has 0 fully saturated rings. The van der Waals surface area contributed by atoms with Crippen molar-refractivity contribution < 1.29 is 19.1 Å². The van der Waals surface area contributed by atoms with E-state index in [0.29, 0.717) is 0 Å². The van der Waals surface area contributed by atoms with Gasteiger partial charge in [-0.3, -0.25) is 10.1 Å². The number of ether oxygens (including phenoxy) is 1. The highest BCUT2D eigenvalue weighted by Gasteiger charge is 2.23. The third-order valence-electron chi connectivity index (χ3n) is 2.28. The van der Waals surface area contributed by atoms with Crippen LogP contribution in [-0.2, 0) is 9.53 Å². The maximum absolute atomic E-state index is 11.9. The van der Waals surface area contributed by atoms with Crippen molar-refractivity contribution >= 4 is 41.1 Å². The van der Waals surface area contributed by atoms with Gasteiger partial charge in [-0.15, -0.1) is 0 Å². The van der Waals surface area contributed by atoms with Gasteiger partial charge >= 0.3 is 12.0 Å². The summed E-state index contributed by atoms with van der Waals surface area (Å²) in [5, 5.41) is 4.41. The van der Waals surface area contributed by atoms with Crippen molar-refractivity contribution in [1.82, 2.24) is 10.6 Å². The molecule has 0 bridgehead atoms. The Labute approximate surface area is 125 Å². The van der Waals surface area contributed by atoms with Crippen LogP contribution < -0.4 is 10.6 Å². The van der Waals surface area contributed by atoms with Gasteiger partial charge in [-0.05, 0) is 19.1 Å². The Balaban J connectivity index is 2.75. The number of hydrogen-bond acceptors (Lipinski definition) is 4. The van der Waals surface area contributed by atoms with Gasteiger partial charge in [-0.25, -0.2) is 9.59 Å². The predicted octanol–water partition coefficient (Wildman–Crippen LogP) is 1.99. The van der Waals surface area contributed by atoms with Crippen molar-refractivity contribution in [3.8, 4) is 0 Å². The molecule has 1 aromatic rings. The molecule has 0 aromatic heterocycles. The van der Waals surface area contributed by atoms with Crippen LogP contribution >= 0.6 is 23.2 Å². The summed E-state index contributed by atoms with van der Waals surface area (Å²) in [4.78, 5) is 34.4. The lowest BCUT2D eigenvalue weighted by atomic mass is 10.2. The maximum Gasteiger partial charge on any atom is 0.341 e. The number of urea groups is 1. The van der Waals surface area contributed by atoms with E-state index in [1.807, 2.05) is 5.32 Å². The molecule has 0 spiro atoms. The molecule has 108 valence electrons. The summed E-state index contributed by atoms with van der Waals surface area (Å²) in [5.74, 6) is -1.61. The zero-order valence-corrected chi connectivity index (χ0v) is 12.2. The van der Waals surface area contributed by atoms with E-state index in [1.165, 1.54) is 26.1 Å². The highest BCUT2D eigenvalue weighted by Crippen LogP contribution is 2.25. The lowest BCUT2D eigenvalue weighted by molar-refractivity contribution is -0.127. The topological polar surface area (TPSA) is 84.5 Å². The first kappa shape index (κ1) is 16.3. The Morgan fingerprint density at radius 2 is 1.75 bits per heavy atom. The quantitative estimate of drug-likeness (QED) is 0.835. The Kier molecular flexibility index (Phi) is 5.79. The molecule has 0 radical (unpaired) electrons. The SMILES string of the molecule is CNC(=O)NC(=O)[C@H](C)OC(=O)c1c(Cl)cccc1Cl. The van der Waals surface area contributed by atoms with Gasteiger partial charge in [0.2, 0.25) is 0 Å². The molecule has 1 atom stereocenters. The molecule has 6 nitrogen and oxygen atoms in total. The summed E-state index contributed by atoms with van der Waals surface area (Å²) in [5.41, 5.74) is -0.0320. The summed E-state index contributed by atoms with van der Waals surface area (Å²) in [6.07, 6.45) is -1.17. The molecule has 1 aromatic carbocycles. The van der Waals surface area contributed by atoms with Crippen molar-refractivity contribution in [2.45, 2.75) is 13.0 Å². The third-order valence-corrected chi connectivity index (χ3v) is 2.91. The maximum atomic E-state index is 11.9. The Hall–Kier alpha value is -1.79. The van der Waals surface area contributed by atoms with Gasteiger partial charge in [0.25, 0.3) is 5.91 Å². The van der Waals surface area contributed by atoms with E-state index in [1.54, 1.807) is 6.07 Å². The summed E-state index contributed by atoms with van der Waals surface area (Å²) in [6, 6.07) is 3.82. The fourth-order valence-corrected chi connectivity index (χ4v) is 1.79. The largest absolute Gasteiger partial charge is 0.449 e. The molecule has 20 heavy (non-hydrogen) atoms. The van der Waals surface area contributed by atoms with Crippen LogP contribution in [0.3, 0.4) is 0 Å². The van der Waals surface area contributed by atoms with E-state index in [2.05, 4.69) is 5.32 Å². The smallest absolute Gasteiger partial charge is 0.341 e.